The van der Waals surface area contributed by atoms with Crippen LogP contribution < -0.4 is 0 Å². The van der Waals surface area contributed by atoms with E-state index in [9.17, 15) is 0 Å². The highest BCUT2D eigenvalue weighted by Gasteiger charge is 1.97. The molecule has 0 aromatic rings. The lowest BCUT2D eigenvalue weighted by molar-refractivity contribution is -0.134. The molecular formula is C11H24O3. The number of hydrogen-bond acceptors (Lipinski definition) is 2. The molecule has 0 saturated carbocycles. The molecule has 0 amide bonds. The summed E-state index contributed by atoms with van der Waals surface area (Å²) in [5.74, 6) is -0.322. The van der Waals surface area contributed by atoms with Crippen LogP contribution in [0.1, 0.15) is 52.9 Å². The van der Waals surface area contributed by atoms with Gasteiger partial charge in [0.25, 0.3) is 5.97 Å². The van der Waals surface area contributed by atoms with Gasteiger partial charge in [-0.25, -0.2) is 0 Å². The van der Waals surface area contributed by atoms with Gasteiger partial charge in [0.1, 0.15) is 0 Å². The van der Waals surface area contributed by atoms with E-state index in [0.29, 0.717) is 12.5 Å². The molecule has 0 radical (unpaired) electrons. The molecule has 2 N–H and O–H groups in total. The van der Waals surface area contributed by atoms with E-state index < -0.39 is 5.97 Å². The Labute approximate surface area is 87.1 Å². The summed E-state index contributed by atoms with van der Waals surface area (Å²) in [4.78, 5) is 9.00. The molecule has 0 saturated heterocycles. The highest BCUT2D eigenvalue weighted by molar-refractivity contribution is 5.62. The van der Waals surface area contributed by atoms with Crippen molar-refractivity contribution in [1.82, 2.24) is 0 Å². The van der Waals surface area contributed by atoms with Gasteiger partial charge < -0.3 is 10.2 Å². The van der Waals surface area contributed by atoms with E-state index in [1.54, 1.807) is 0 Å². The monoisotopic (exact) mass is 204 g/mol. The lowest BCUT2D eigenvalue weighted by Crippen LogP contribution is -1.99. The van der Waals surface area contributed by atoms with Crippen molar-refractivity contribution in [2.24, 2.45) is 5.92 Å². The third-order valence-corrected chi connectivity index (χ3v) is 1.86. The van der Waals surface area contributed by atoms with E-state index in [0.717, 1.165) is 6.92 Å². The predicted molar refractivity (Wildman–Crippen MR) is 58.3 cm³/mol. The molecule has 0 heterocycles. The van der Waals surface area contributed by atoms with Crippen molar-refractivity contribution in [2.45, 2.75) is 52.9 Å². The van der Waals surface area contributed by atoms with E-state index >= 15 is 0 Å². The highest BCUT2D eigenvalue weighted by Crippen LogP contribution is 2.08. The molecule has 14 heavy (non-hydrogen) atoms. The smallest absolute Gasteiger partial charge is 0.300 e. The third-order valence-electron chi connectivity index (χ3n) is 1.86. The largest absolute Gasteiger partial charge is 0.481 e. The zero-order valence-corrected chi connectivity index (χ0v) is 9.62. The van der Waals surface area contributed by atoms with Gasteiger partial charge in [-0.1, -0.05) is 39.5 Å². The Morgan fingerprint density at radius 1 is 1.29 bits per heavy atom. The van der Waals surface area contributed by atoms with E-state index in [-0.39, 0.29) is 0 Å². The van der Waals surface area contributed by atoms with Crippen LogP contribution in [0.2, 0.25) is 0 Å². The first-order valence-corrected chi connectivity index (χ1v) is 5.34. The van der Waals surface area contributed by atoms with Crippen LogP contribution in [0.3, 0.4) is 0 Å². The lowest BCUT2D eigenvalue weighted by atomic mass is 10.0. The van der Waals surface area contributed by atoms with Crippen LogP contribution in [0.4, 0.5) is 0 Å². The topological polar surface area (TPSA) is 57.5 Å². The normalized spacial score (nSPS) is 11.4. The van der Waals surface area contributed by atoms with Gasteiger partial charge in [0.2, 0.25) is 0 Å². The highest BCUT2D eigenvalue weighted by atomic mass is 16.4. The first-order valence-electron chi connectivity index (χ1n) is 5.34. The number of aliphatic carboxylic acids is 1. The van der Waals surface area contributed by atoms with Gasteiger partial charge in [-0.05, 0) is 12.3 Å². The van der Waals surface area contributed by atoms with Crippen LogP contribution in [0.5, 0.6) is 0 Å². The van der Waals surface area contributed by atoms with Crippen molar-refractivity contribution in [3.05, 3.63) is 0 Å². The molecular weight excluding hydrogens is 180 g/mol. The molecule has 0 aromatic heterocycles. The second-order valence-corrected chi connectivity index (χ2v) is 3.66. The van der Waals surface area contributed by atoms with Crippen LogP contribution in [-0.4, -0.2) is 22.8 Å². The molecule has 3 nitrogen and oxygen atoms in total. The Morgan fingerprint density at radius 3 is 2.14 bits per heavy atom. The fraction of sp³-hybridized carbons (Fsp3) is 0.909. The summed E-state index contributed by atoms with van der Waals surface area (Å²) in [6.45, 7) is 5.76. The number of hydrogen-bond donors (Lipinski definition) is 2. The first kappa shape index (κ1) is 15.9. The number of rotatable bonds is 6. The van der Waals surface area contributed by atoms with Crippen molar-refractivity contribution in [2.75, 3.05) is 6.61 Å². The van der Waals surface area contributed by atoms with Gasteiger partial charge in [0.05, 0.1) is 0 Å². The number of aliphatic hydroxyl groups is 1. The Bertz CT molecular complexity index is 120. The predicted octanol–water partition coefficient (Wildman–Crippen LogP) is 2.68. The summed E-state index contributed by atoms with van der Waals surface area (Å²) in [6.07, 6.45) is 6.46. The minimum atomic E-state index is -0.833. The minimum absolute atomic E-state index is 0.353. The zero-order valence-electron chi connectivity index (χ0n) is 9.62. The maximum absolute atomic E-state index is 9.00. The summed E-state index contributed by atoms with van der Waals surface area (Å²) >= 11 is 0. The molecule has 3 heteroatoms. The molecule has 0 aromatic carbocycles. The maximum Gasteiger partial charge on any atom is 0.300 e. The minimum Gasteiger partial charge on any atom is -0.481 e. The van der Waals surface area contributed by atoms with Gasteiger partial charge in [-0.15, -0.1) is 0 Å². The number of carboxylic acids is 1. The Balaban J connectivity index is 0. The molecule has 0 aliphatic rings. The number of unbranched alkanes of at least 4 members (excludes halogenated alkanes) is 3. The molecule has 0 bridgehead atoms. The fourth-order valence-electron chi connectivity index (χ4n) is 1.01. The average molecular weight is 204 g/mol. The second kappa shape index (κ2) is 12.4. The van der Waals surface area contributed by atoms with E-state index in [1.165, 1.54) is 32.1 Å². The number of carboxylic acid groups (broad SMARTS) is 1. The lowest BCUT2D eigenvalue weighted by Gasteiger charge is -2.05. The molecule has 0 fully saturated rings. The zero-order chi connectivity index (χ0) is 11.4. The fourth-order valence-corrected chi connectivity index (χ4v) is 1.01. The standard InChI is InChI=1S/C9H20O.C2H4O2/c1-3-4-5-6-7-9(2)8-10;1-2(3)4/h9-10H,3-8H2,1-2H3;1H3,(H,3,4). The third kappa shape index (κ3) is 22.5. The van der Waals surface area contributed by atoms with Crippen LogP contribution in [-0.2, 0) is 4.79 Å². The molecule has 0 rings (SSSR count). The average Bonchev–Trinajstić information content (AvgIpc) is 2.11. The molecule has 1 unspecified atom stereocenters. The summed E-state index contributed by atoms with van der Waals surface area (Å²) in [7, 11) is 0. The quantitative estimate of drug-likeness (QED) is 0.654. The molecule has 1 atom stereocenters. The summed E-state index contributed by atoms with van der Waals surface area (Å²) < 4.78 is 0. The summed E-state index contributed by atoms with van der Waals surface area (Å²) in [5, 5.41) is 16.1. The van der Waals surface area contributed by atoms with Crippen molar-refractivity contribution < 1.29 is 15.0 Å². The Kier molecular flexibility index (Phi) is 14.1. The van der Waals surface area contributed by atoms with E-state index in [1.807, 2.05) is 0 Å². The van der Waals surface area contributed by atoms with Crippen LogP contribution in [0.15, 0.2) is 0 Å². The number of aliphatic hydroxyl groups excluding tert-OH is 1. The molecule has 0 spiro atoms. The molecule has 86 valence electrons. The molecule has 0 aliphatic carbocycles. The summed E-state index contributed by atoms with van der Waals surface area (Å²) in [6, 6.07) is 0. The molecule has 0 aliphatic heterocycles. The summed E-state index contributed by atoms with van der Waals surface area (Å²) in [5.41, 5.74) is 0. The maximum atomic E-state index is 9.00. The van der Waals surface area contributed by atoms with E-state index in [2.05, 4.69) is 13.8 Å². The van der Waals surface area contributed by atoms with Gasteiger partial charge in [-0.2, -0.15) is 0 Å². The Morgan fingerprint density at radius 2 is 1.79 bits per heavy atom. The van der Waals surface area contributed by atoms with Gasteiger partial charge in [0, 0.05) is 13.5 Å². The SMILES string of the molecule is CC(=O)O.CCCCCCC(C)CO. The van der Waals surface area contributed by atoms with Crippen LogP contribution in [0, 0.1) is 5.92 Å². The second-order valence-electron chi connectivity index (χ2n) is 3.66. The van der Waals surface area contributed by atoms with Crippen molar-refractivity contribution in [3.63, 3.8) is 0 Å². The van der Waals surface area contributed by atoms with Gasteiger partial charge in [0.15, 0.2) is 0 Å². The first-order chi connectivity index (χ1) is 6.54. The van der Waals surface area contributed by atoms with E-state index in [4.69, 9.17) is 15.0 Å². The van der Waals surface area contributed by atoms with Gasteiger partial charge in [-0.3, -0.25) is 4.79 Å². The van der Waals surface area contributed by atoms with Crippen molar-refractivity contribution in [3.8, 4) is 0 Å². The van der Waals surface area contributed by atoms with Crippen LogP contribution >= 0.6 is 0 Å². The van der Waals surface area contributed by atoms with Crippen molar-refractivity contribution in [1.29, 1.82) is 0 Å². The number of carbonyl (C=O) groups is 1. The van der Waals surface area contributed by atoms with Gasteiger partial charge >= 0.3 is 0 Å². The van der Waals surface area contributed by atoms with Crippen LogP contribution in [0.25, 0.3) is 0 Å². The van der Waals surface area contributed by atoms with Crippen molar-refractivity contribution >= 4 is 5.97 Å². The Hall–Kier alpha value is -0.570.